The molecule has 2 rings (SSSR count). The Morgan fingerprint density at radius 3 is 2.89 bits per heavy atom. The van der Waals surface area contributed by atoms with E-state index < -0.39 is 0 Å². The molecule has 1 saturated heterocycles. The smallest absolute Gasteiger partial charge is 0.312 e. The molecule has 2 aliphatic rings. The second-order valence-electron chi connectivity index (χ2n) is 5.87. The molecule has 0 N–H and O–H groups in total. The molecule has 0 aromatic rings. The number of rotatable bonds is 6. The van der Waals surface area contributed by atoms with Gasteiger partial charge in [0.15, 0.2) is 0 Å². The third-order valence-electron chi connectivity index (χ3n) is 4.08. The van der Waals surface area contributed by atoms with Crippen molar-refractivity contribution in [3.05, 3.63) is 12.2 Å². The molecule has 0 radical (unpaired) electrons. The number of hydrogen-bond donors (Lipinski definition) is 0. The van der Waals surface area contributed by atoms with Crippen LogP contribution in [0.2, 0.25) is 0 Å². The van der Waals surface area contributed by atoms with Crippen molar-refractivity contribution in [1.29, 1.82) is 0 Å². The first-order chi connectivity index (χ1) is 8.57. The van der Waals surface area contributed by atoms with Crippen molar-refractivity contribution in [2.75, 3.05) is 6.61 Å². The summed E-state index contributed by atoms with van der Waals surface area (Å²) in [7, 11) is 0. The van der Waals surface area contributed by atoms with Gasteiger partial charge in [0.2, 0.25) is 0 Å². The highest BCUT2D eigenvalue weighted by atomic mass is 16.6. The standard InChI is InChI=1S/C15H24O3/c1-4-5-7-15(14(16)17-10-11(2)3)8-6-12-13(9-15)18-12/h12-13H,2,4-10H2,1,3H3. The monoisotopic (exact) mass is 252 g/mol. The van der Waals surface area contributed by atoms with Crippen LogP contribution in [-0.2, 0) is 14.3 Å². The lowest BCUT2D eigenvalue weighted by atomic mass is 9.71. The van der Waals surface area contributed by atoms with E-state index in [4.69, 9.17) is 9.47 Å². The van der Waals surface area contributed by atoms with Gasteiger partial charge in [0.1, 0.15) is 6.61 Å². The number of esters is 1. The van der Waals surface area contributed by atoms with Gasteiger partial charge in [-0.1, -0.05) is 26.3 Å². The highest BCUT2D eigenvalue weighted by Gasteiger charge is 2.54. The van der Waals surface area contributed by atoms with Gasteiger partial charge in [-0.2, -0.15) is 0 Å². The number of epoxide rings is 1. The number of unbranched alkanes of at least 4 members (excludes halogenated alkanes) is 1. The third kappa shape index (κ3) is 2.94. The van der Waals surface area contributed by atoms with Crippen LogP contribution >= 0.6 is 0 Å². The first-order valence-electron chi connectivity index (χ1n) is 7.04. The zero-order chi connectivity index (χ0) is 13.2. The maximum Gasteiger partial charge on any atom is 0.312 e. The number of carbonyl (C=O) groups excluding carboxylic acids is 1. The number of carbonyl (C=O) groups is 1. The van der Waals surface area contributed by atoms with E-state index >= 15 is 0 Å². The normalized spacial score (nSPS) is 33.7. The number of ether oxygens (including phenoxy) is 2. The fraction of sp³-hybridized carbons (Fsp3) is 0.800. The molecule has 1 aliphatic heterocycles. The van der Waals surface area contributed by atoms with Crippen LogP contribution in [0.25, 0.3) is 0 Å². The van der Waals surface area contributed by atoms with Crippen molar-refractivity contribution in [2.24, 2.45) is 5.41 Å². The summed E-state index contributed by atoms with van der Waals surface area (Å²) in [4.78, 5) is 12.4. The Bertz CT molecular complexity index is 337. The fourth-order valence-electron chi connectivity index (χ4n) is 2.89. The summed E-state index contributed by atoms with van der Waals surface area (Å²) in [6.07, 6.45) is 6.66. The van der Waals surface area contributed by atoms with Crippen LogP contribution in [-0.4, -0.2) is 24.8 Å². The lowest BCUT2D eigenvalue weighted by molar-refractivity contribution is -0.157. The molecule has 0 spiro atoms. The molecule has 0 aromatic carbocycles. The summed E-state index contributed by atoms with van der Waals surface area (Å²) in [6.45, 7) is 8.17. The Hall–Kier alpha value is -0.830. The van der Waals surface area contributed by atoms with Crippen LogP contribution in [0, 0.1) is 5.41 Å². The first kappa shape index (κ1) is 13.6. The van der Waals surface area contributed by atoms with Crippen LogP contribution < -0.4 is 0 Å². The first-order valence-corrected chi connectivity index (χ1v) is 7.04. The molecule has 2 fully saturated rings. The van der Waals surface area contributed by atoms with Gasteiger partial charge in [-0.3, -0.25) is 4.79 Å². The summed E-state index contributed by atoms with van der Waals surface area (Å²) in [5.74, 6) is -0.0344. The molecular formula is C15H24O3. The van der Waals surface area contributed by atoms with Gasteiger partial charge >= 0.3 is 5.97 Å². The molecule has 1 aliphatic carbocycles. The highest BCUT2D eigenvalue weighted by Crippen LogP contribution is 2.49. The Morgan fingerprint density at radius 2 is 2.28 bits per heavy atom. The molecule has 3 atom stereocenters. The molecule has 102 valence electrons. The maximum atomic E-state index is 12.4. The van der Waals surface area contributed by atoms with E-state index in [2.05, 4.69) is 13.5 Å². The second-order valence-corrected chi connectivity index (χ2v) is 5.87. The quantitative estimate of drug-likeness (QED) is 0.414. The molecule has 0 aromatic heterocycles. The molecule has 0 amide bonds. The van der Waals surface area contributed by atoms with Crippen LogP contribution in [0.5, 0.6) is 0 Å². The zero-order valence-corrected chi connectivity index (χ0v) is 11.5. The van der Waals surface area contributed by atoms with E-state index in [9.17, 15) is 4.79 Å². The van der Waals surface area contributed by atoms with Gasteiger partial charge in [0, 0.05) is 0 Å². The molecule has 3 unspecified atom stereocenters. The maximum absolute atomic E-state index is 12.4. The topological polar surface area (TPSA) is 38.8 Å². The predicted molar refractivity (Wildman–Crippen MR) is 70.2 cm³/mol. The number of fused-ring (bicyclic) bond motifs is 1. The summed E-state index contributed by atoms with van der Waals surface area (Å²) >= 11 is 0. The van der Waals surface area contributed by atoms with Gasteiger partial charge in [0.25, 0.3) is 0 Å². The van der Waals surface area contributed by atoms with E-state index in [0.717, 1.165) is 44.1 Å². The summed E-state index contributed by atoms with van der Waals surface area (Å²) in [5.41, 5.74) is 0.605. The Labute approximate surface area is 110 Å². The van der Waals surface area contributed by atoms with Gasteiger partial charge < -0.3 is 9.47 Å². The highest BCUT2D eigenvalue weighted by molar-refractivity contribution is 5.77. The molecule has 1 saturated carbocycles. The van der Waals surface area contributed by atoms with Crippen molar-refractivity contribution in [3.8, 4) is 0 Å². The fourth-order valence-corrected chi connectivity index (χ4v) is 2.89. The van der Waals surface area contributed by atoms with Crippen molar-refractivity contribution < 1.29 is 14.3 Å². The second kappa shape index (κ2) is 5.43. The van der Waals surface area contributed by atoms with E-state index in [0.29, 0.717) is 18.8 Å². The van der Waals surface area contributed by atoms with Crippen LogP contribution in [0.3, 0.4) is 0 Å². The Balaban J connectivity index is 1.98. The van der Waals surface area contributed by atoms with E-state index in [1.807, 2.05) is 6.92 Å². The van der Waals surface area contributed by atoms with Gasteiger partial charge in [-0.15, -0.1) is 0 Å². The summed E-state index contributed by atoms with van der Waals surface area (Å²) in [5, 5.41) is 0. The van der Waals surface area contributed by atoms with Crippen LogP contribution in [0.15, 0.2) is 12.2 Å². The van der Waals surface area contributed by atoms with E-state index in [-0.39, 0.29) is 11.4 Å². The lowest BCUT2D eigenvalue weighted by Gasteiger charge is -2.33. The van der Waals surface area contributed by atoms with Gasteiger partial charge in [-0.05, 0) is 38.2 Å². The van der Waals surface area contributed by atoms with E-state index in [1.165, 1.54) is 0 Å². The van der Waals surface area contributed by atoms with Crippen molar-refractivity contribution in [3.63, 3.8) is 0 Å². The average Bonchev–Trinajstić information content (AvgIpc) is 3.11. The molecule has 1 heterocycles. The summed E-state index contributed by atoms with van der Waals surface area (Å²) in [6, 6.07) is 0. The van der Waals surface area contributed by atoms with Crippen molar-refractivity contribution >= 4 is 5.97 Å². The Kier molecular flexibility index (Phi) is 4.10. The Morgan fingerprint density at radius 1 is 1.50 bits per heavy atom. The minimum absolute atomic E-state index is 0.0344. The summed E-state index contributed by atoms with van der Waals surface area (Å²) < 4.78 is 11.0. The van der Waals surface area contributed by atoms with Crippen molar-refractivity contribution in [2.45, 2.75) is 64.6 Å². The van der Waals surface area contributed by atoms with Crippen molar-refractivity contribution in [1.82, 2.24) is 0 Å². The molecule has 0 bridgehead atoms. The van der Waals surface area contributed by atoms with Crippen LogP contribution in [0.1, 0.15) is 52.4 Å². The largest absolute Gasteiger partial charge is 0.461 e. The zero-order valence-electron chi connectivity index (χ0n) is 11.5. The lowest BCUT2D eigenvalue weighted by Crippen LogP contribution is -2.38. The molecule has 3 heteroatoms. The minimum atomic E-state index is -0.289. The van der Waals surface area contributed by atoms with Gasteiger partial charge in [-0.25, -0.2) is 0 Å². The van der Waals surface area contributed by atoms with Gasteiger partial charge in [0.05, 0.1) is 17.6 Å². The van der Waals surface area contributed by atoms with E-state index in [1.54, 1.807) is 0 Å². The predicted octanol–water partition coefficient (Wildman–Crippen LogP) is 3.23. The number of hydrogen-bond acceptors (Lipinski definition) is 3. The molecule has 3 nitrogen and oxygen atoms in total. The minimum Gasteiger partial charge on any atom is -0.461 e. The average molecular weight is 252 g/mol. The van der Waals surface area contributed by atoms with Crippen LogP contribution in [0.4, 0.5) is 0 Å². The molecule has 18 heavy (non-hydrogen) atoms. The third-order valence-corrected chi connectivity index (χ3v) is 4.08. The SMILES string of the molecule is C=C(C)COC(=O)C1(CCCC)CCC2OC2C1. The molecular weight excluding hydrogens is 228 g/mol.